The van der Waals surface area contributed by atoms with Gasteiger partial charge in [-0.25, -0.2) is 0 Å². The molecule has 5 nitrogen and oxygen atoms in total. The number of furan rings is 1. The zero-order valence-corrected chi connectivity index (χ0v) is 17.0. The highest BCUT2D eigenvalue weighted by Crippen LogP contribution is 2.53. The minimum absolute atomic E-state index is 0.160. The second-order valence-corrected chi connectivity index (χ2v) is 7.79. The summed E-state index contributed by atoms with van der Waals surface area (Å²) in [6, 6.07) is 16.0. The highest BCUT2D eigenvalue weighted by molar-refractivity contribution is 6.30. The molecule has 0 amide bonds. The van der Waals surface area contributed by atoms with E-state index in [1.54, 1.807) is 55.0 Å². The average molecular weight is 423 g/mol. The Labute approximate surface area is 178 Å². The van der Waals surface area contributed by atoms with Crippen LogP contribution < -0.4 is 4.74 Å². The number of para-hydroxylation sites is 1. The Kier molecular flexibility index (Phi) is 4.54. The molecular weight excluding hydrogens is 404 g/mol. The van der Waals surface area contributed by atoms with Crippen molar-refractivity contribution in [2.75, 3.05) is 6.61 Å². The van der Waals surface area contributed by atoms with Crippen molar-refractivity contribution in [3.63, 3.8) is 0 Å². The van der Waals surface area contributed by atoms with Gasteiger partial charge in [0.25, 0.3) is 5.79 Å². The van der Waals surface area contributed by atoms with Gasteiger partial charge in [-0.15, -0.1) is 0 Å². The second-order valence-electron chi connectivity index (χ2n) is 7.35. The Morgan fingerprint density at radius 2 is 1.90 bits per heavy atom. The van der Waals surface area contributed by atoms with Gasteiger partial charge < -0.3 is 18.6 Å². The first-order chi connectivity index (χ1) is 14.6. The topological polar surface area (TPSA) is 57.9 Å². The van der Waals surface area contributed by atoms with Crippen LogP contribution in [0.3, 0.4) is 0 Å². The highest BCUT2D eigenvalue weighted by Gasteiger charge is 2.67. The van der Waals surface area contributed by atoms with E-state index in [9.17, 15) is 4.79 Å². The number of ether oxygens (including phenoxy) is 3. The van der Waals surface area contributed by atoms with Crippen molar-refractivity contribution in [2.45, 2.75) is 24.9 Å². The van der Waals surface area contributed by atoms with E-state index in [2.05, 4.69) is 0 Å². The molecule has 2 unspecified atom stereocenters. The number of fused-ring (bicyclic) bond motifs is 1. The number of ketones is 1. The van der Waals surface area contributed by atoms with Gasteiger partial charge in [-0.2, -0.15) is 0 Å². The summed E-state index contributed by atoms with van der Waals surface area (Å²) in [6.45, 7) is 2.31. The van der Waals surface area contributed by atoms with Crippen molar-refractivity contribution in [1.82, 2.24) is 0 Å². The highest BCUT2D eigenvalue weighted by atomic mass is 35.5. The molecule has 30 heavy (non-hydrogen) atoms. The van der Waals surface area contributed by atoms with Crippen LogP contribution in [0.15, 0.2) is 83.2 Å². The lowest BCUT2D eigenvalue weighted by Gasteiger charge is -2.49. The Morgan fingerprint density at radius 1 is 1.10 bits per heavy atom. The molecule has 2 atom stereocenters. The maximum Gasteiger partial charge on any atom is 0.278 e. The van der Waals surface area contributed by atoms with Crippen LogP contribution >= 0.6 is 11.6 Å². The van der Waals surface area contributed by atoms with Crippen LogP contribution in [0.1, 0.15) is 28.4 Å². The number of Topliss-reactive ketones (excluding diaryl/α,β-unsaturated/α-hetero) is 1. The maximum absolute atomic E-state index is 13.9. The lowest BCUT2D eigenvalue weighted by atomic mass is 9.74. The fourth-order valence-corrected chi connectivity index (χ4v) is 4.29. The average Bonchev–Trinajstić information content (AvgIpc) is 3.41. The van der Waals surface area contributed by atoms with E-state index in [1.165, 1.54) is 0 Å². The van der Waals surface area contributed by atoms with Crippen molar-refractivity contribution < 1.29 is 23.4 Å². The van der Waals surface area contributed by atoms with Crippen molar-refractivity contribution >= 4 is 17.4 Å². The monoisotopic (exact) mass is 422 g/mol. The van der Waals surface area contributed by atoms with Gasteiger partial charge in [-0.05, 0) is 42.8 Å². The van der Waals surface area contributed by atoms with Gasteiger partial charge in [0.05, 0.1) is 31.3 Å². The molecule has 3 aromatic rings. The first-order valence-corrected chi connectivity index (χ1v) is 10.00. The molecule has 152 valence electrons. The molecule has 0 saturated heterocycles. The predicted molar refractivity (Wildman–Crippen MR) is 110 cm³/mol. The number of hydrogen-bond acceptors (Lipinski definition) is 5. The smallest absolute Gasteiger partial charge is 0.278 e. The number of carbonyl (C=O) groups excluding carboxylic acids is 1. The summed E-state index contributed by atoms with van der Waals surface area (Å²) in [5.41, 5.74) is 1.19. The first kappa shape index (κ1) is 19.1. The molecule has 0 saturated carbocycles. The summed E-state index contributed by atoms with van der Waals surface area (Å²) >= 11 is 6.14. The van der Waals surface area contributed by atoms with Crippen LogP contribution in [-0.2, 0) is 21.9 Å². The van der Waals surface area contributed by atoms with Crippen LogP contribution in [0.2, 0.25) is 5.02 Å². The van der Waals surface area contributed by atoms with Gasteiger partial charge in [-0.3, -0.25) is 4.79 Å². The van der Waals surface area contributed by atoms with Crippen LogP contribution in [-0.4, -0.2) is 18.0 Å². The standard InChI is InChI=1S/C24H19ClO5/c1-16-10-13-28-23(16)22(26)20-4-2-3-5-21(20)30-24(23,18-6-8-19(25)9-7-18)29-15-17-11-12-27-14-17/h2-12,14H,13,15H2,1H3. The molecule has 0 fully saturated rings. The molecule has 5 rings (SSSR count). The van der Waals surface area contributed by atoms with E-state index in [4.69, 9.17) is 30.2 Å². The lowest BCUT2D eigenvalue weighted by molar-refractivity contribution is -0.279. The van der Waals surface area contributed by atoms with Gasteiger partial charge in [0.1, 0.15) is 5.75 Å². The lowest BCUT2D eigenvalue weighted by Crippen LogP contribution is -2.64. The van der Waals surface area contributed by atoms with Crippen LogP contribution in [0.4, 0.5) is 0 Å². The van der Waals surface area contributed by atoms with Crippen molar-refractivity contribution in [3.05, 3.63) is 100 Å². The quantitative estimate of drug-likeness (QED) is 0.534. The molecule has 0 bridgehead atoms. The van der Waals surface area contributed by atoms with Crippen molar-refractivity contribution in [2.24, 2.45) is 0 Å². The number of rotatable bonds is 4. The number of halogens is 1. The first-order valence-electron chi connectivity index (χ1n) is 9.62. The van der Waals surface area contributed by atoms with Gasteiger partial charge in [0, 0.05) is 16.1 Å². The fraction of sp³-hybridized carbons (Fsp3) is 0.208. The third-order valence-electron chi connectivity index (χ3n) is 5.66. The normalized spacial score (nSPS) is 25.1. The zero-order chi connectivity index (χ0) is 20.8. The second kappa shape index (κ2) is 7.13. The summed E-state index contributed by atoms with van der Waals surface area (Å²) in [5, 5.41) is 0.569. The van der Waals surface area contributed by atoms with E-state index in [-0.39, 0.29) is 19.0 Å². The minimum Gasteiger partial charge on any atom is -0.472 e. The summed E-state index contributed by atoms with van der Waals surface area (Å²) in [4.78, 5) is 13.9. The van der Waals surface area contributed by atoms with Gasteiger partial charge in [0.15, 0.2) is 0 Å². The summed E-state index contributed by atoms with van der Waals surface area (Å²) in [6.07, 6.45) is 5.06. The number of carbonyl (C=O) groups is 1. The SMILES string of the molecule is CC1=CCOC12C(=O)c1ccccc1OC2(OCc1ccoc1)c1ccc(Cl)cc1. The van der Waals surface area contributed by atoms with Crippen LogP contribution in [0.5, 0.6) is 5.75 Å². The van der Waals surface area contributed by atoms with Gasteiger partial charge >= 0.3 is 0 Å². The molecule has 2 aliphatic rings. The fourth-order valence-electron chi connectivity index (χ4n) is 4.16. The predicted octanol–water partition coefficient (Wildman–Crippen LogP) is 5.29. The van der Waals surface area contributed by atoms with E-state index < -0.39 is 11.4 Å². The molecule has 0 N–H and O–H groups in total. The van der Waals surface area contributed by atoms with E-state index >= 15 is 0 Å². The maximum atomic E-state index is 13.9. The molecule has 2 aliphatic heterocycles. The molecule has 2 aromatic carbocycles. The summed E-state index contributed by atoms with van der Waals surface area (Å²) in [5.74, 6) is -1.30. The summed E-state index contributed by atoms with van der Waals surface area (Å²) < 4.78 is 24.4. The van der Waals surface area contributed by atoms with E-state index in [0.29, 0.717) is 21.9 Å². The third-order valence-corrected chi connectivity index (χ3v) is 5.91. The van der Waals surface area contributed by atoms with Gasteiger partial charge in [0.2, 0.25) is 11.4 Å². The zero-order valence-electron chi connectivity index (χ0n) is 16.3. The molecule has 0 aliphatic carbocycles. The minimum atomic E-state index is -1.54. The molecule has 3 heterocycles. The molecule has 6 heteroatoms. The molecule has 1 aromatic heterocycles. The van der Waals surface area contributed by atoms with Crippen LogP contribution in [0.25, 0.3) is 0 Å². The summed E-state index contributed by atoms with van der Waals surface area (Å²) in [7, 11) is 0. The number of hydrogen-bond donors (Lipinski definition) is 0. The Morgan fingerprint density at radius 3 is 2.60 bits per heavy atom. The Balaban J connectivity index is 1.75. The van der Waals surface area contributed by atoms with Crippen LogP contribution in [0, 0.1) is 0 Å². The number of benzene rings is 2. The van der Waals surface area contributed by atoms with E-state index in [1.807, 2.05) is 25.1 Å². The van der Waals surface area contributed by atoms with E-state index in [0.717, 1.165) is 11.1 Å². The molecule has 1 spiro atoms. The van der Waals surface area contributed by atoms with Crippen molar-refractivity contribution in [3.8, 4) is 5.75 Å². The molecular formula is C24H19ClO5. The van der Waals surface area contributed by atoms with Gasteiger partial charge in [-0.1, -0.05) is 41.9 Å². The Hall–Kier alpha value is -2.86. The Bertz CT molecular complexity index is 1120. The van der Waals surface area contributed by atoms with Crippen molar-refractivity contribution in [1.29, 1.82) is 0 Å². The molecule has 0 radical (unpaired) electrons. The largest absolute Gasteiger partial charge is 0.472 e. The third kappa shape index (κ3) is 2.67.